The number of hydrogen-bond acceptors (Lipinski definition) is 2. The van der Waals surface area contributed by atoms with Gasteiger partial charge in [0.1, 0.15) is 0 Å². The van der Waals surface area contributed by atoms with Gasteiger partial charge in [0, 0.05) is 13.3 Å². The monoisotopic (exact) mass is 85.1 g/mol. The summed E-state index contributed by atoms with van der Waals surface area (Å²) in [6.45, 7) is 3.53. The van der Waals surface area contributed by atoms with E-state index in [1.807, 2.05) is 0 Å². The highest BCUT2D eigenvalue weighted by Gasteiger charge is 1.58. The average Bonchev–Trinajstić information content (AvgIpc) is 1.61. The molecule has 0 aliphatic rings. The Morgan fingerprint density at radius 3 is 2.83 bits per heavy atom. The van der Waals surface area contributed by atoms with Gasteiger partial charge in [0.15, 0.2) is 0 Å². The van der Waals surface area contributed by atoms with Crippen LogP contribution in [0.2, 0.25) is 0 Å². The van der Waals surface area contributed by atoms with E-state index in [1.165, 1.54) is 0 Å². The first-order chi connectivity index (χ1) is 2.91. The molecule has 0 bridgehead atoms. The molecule has 0 spiro atoms. The van der Waals surface area contributed by atoms with Crippen LogP contribution in [0.15, 0.2) is 5.10 Å². The van der Waals surface area contributed by atoms with Crippen LogP contribution < -0.4 is 5.43 Å². The Labute approximate surface area is 38.2 Å². The van der Waals surface area contributed by atoms with Crippen molar-refractivity contribution in [3.8, 4) is 0 Å². The lowest BCUT2D eigenvalue weighted by atomic mass is 10.6. The van der Waals surface area contributed by atoms with E-state index >= 15 is 0 Å². The molecule has 0 atom stereocenters. The van der Waals surface area contributed by atoms with Crippen LogP contribution in [0, 0.1) is 6.92 Å². The fourth-order valence-electron chi connectivity index (χ4n) is 0.156. The zero-order valence-corrected chi connectivity index (χ0v) is 3.94. The Bertz CT molecular complexity index is 34.8. The van der Waals surface area contributed by atoms with Crippen molar-refractivity contribution in [1.29, 1.82) is 0 Å². The van der Waals surface area contributed by atoms with E-state index in [2.05, 4.69) is 17.5 Å². The van der Waals surface area contributed by atoms with Crippen molar-refractivity contribution >= 4 is 6.21 Å². The summed E-state index contributed by atoms with van der Waals surface area (Å²) in [6.07, 6.45) is 2.46. The topological polar surface area (TPSA) is 24.4 Å². The summed E-state index contributed by atoms with van der Waals surface area (Å²) >= 11 is 0. The van der Waals surface area contributed by atoms with Gasteiger partial charge in [-0.05, 0) is 13.3 Å². The molecule has 35 valence electrons. The van der Waals surface area contributed by atoms with Gasteiger partial charge in [-0.2, -0.15) is 5.10 Å². The number of hydrogen-bond donors (Lipinski definition) is 1. The predicted octanol–water partition coefficient (Wildman–Crippen LogP) is 0.416. The van der Waals surface area contributed by atoms with Crippen molar-refractivity contribution in [2.75, 3.05) is 7.05 Å². The highest BCUT2D eigenvalue weighted by molar-refractivity contribution is 5.57. The molecule has 0 amide bonds. The molecule has 1 N–H and O–H groups in total. The minimum Gasteiger partial charge on any atom is -0.313 e. The van der Waals surface area contributed by atoms with Crippen molar-refractivity contribution in [1.82, 2.24) is 5.43 Å². The first-order valence-electron chi connectivity index (χ1n) is 1.89. The van der Waals surface area contributed by atoms with Crippen molar-refractivity contribution < 1.29 is 0 Å². The molecule has 0 heterocycles. The minimum absolute atomic E-state index is 0.751. The molecular weight excluding hydrogens is 76.1 g/mol. The molecule has 0 aromatic heterocycles. The standard InChI is InChI=1S/C4H9N2/c1-3-4-6-5-2/h4-5H,1,3H2,2H3. The Kier molecular flexibility index (Phi) is 4.08. The molecule has 0 aliphatic carbocycles. The van der Waals surface area contributed by atoms with Crippen LogP contribution in [0.1, 0.15) is 6.42 Å². The van der Waals surface area contributed by atoms with Gasteiger partial charge in [0.05, 0.1) is 0 Å². The molecule has 0 aromatic carbocycles. The second-order valence-electron chi connectivity index (χ2n) is 0.824. The largest absolute Gasteiger partial charge is 0.313 e. The fraction of sp³-hybridized carbons (Fsp3) is 0.500. The van der Waals surface area contributed by atoms with Crippen molar-refractivity contribution in [3.63, 3.8) is 0 Å². The lowest BCUT2D eigenvalue weighted by molar-refractivity contribution is 0.904. The molecule has 0 fully saturated rings. The van der Waals surface area contributed by atoms with Gasteiger partial charge in [0.2, 0.25) is 0 Å². The quantitative estimate of drug-likeness (QED) is 0.381. The molecule has 2 nitrogen and oxygen atoms in total. The summed E-state index contributed by atoms with van der Waals surface area (Å²) in [5, 5.41) is 3.65. The number of hydrazone groups is 1. The zero-order chi connectivity index (χ0) is 4.83. The molecule has 1 radical (unpaired) electrons. The van der Waals surface area contributed by atoms with Crippen LogP contribution in [-0.2, 0) is 0 Å². The fourth-order valence-corrected chi connectivity index (χ4v) is 0.156. The Morgan fingerprint density at radius 2 is 2.67 bits per heavy atom. The van der Waals surface area contributed by atoms with Crippen molar-refractivity contribution in [3.05, 3.63) is 6.92 Å². The first-order valence-corrected chi connectivity index (χ1v) is 1.89. The van der Waals surface area contributed by atoms with E-state index in [0.717, 1.165) is 6.42 Å². The smallest absolute Gasteiger partial charge is 0.0242 e. The molecule has 2 heteroatoms. The summed E-state index contributed by atoms with van der Waals surface area (Å²) in [4.78, 5) is 0. The second-order valence-corrected chi connectivity index (χ2v) is 0.824. The third kappa shape index (κ3) is 3.47. The molecule has 0 saturated heterocycles. The van der Waals surface area contributed by atoms with Gasteiger partial charge in [-0.15, -0.1) is 0 Å². The van der Waals surface area contributed by atoms with E-state index in [0.29, 0.717) is 0 Å². The summed E-state index contributed by atoms with van der Waals surface area (Å²) in [7, 11) is 1.76. The zero-order valence-electron chi connectivity index (χ0n) is 3.94. The minimum atomic E-state index is 0.751. The molecule has 0 aromatic rings. The van der Waals surface area contributed by atoms with Crippen molar-refractivity contribution in [2.24, 2.45) is 5.10 Å². The van der Waals surface area contributed by atoms with Crippen LogP contribution in [0.4, 0.5) is 0 Å². The van der Waals surface area contributed by atoms with Gasteiger partial charge in [0.25, 0.3) is 0 Å². The Morgan fingerprint density at radius 1 is 2.00 bits per heavy atom. The summed E-state index contributed by atoms with van der Waals surface area (Å²) in [5.41, 5.74) is 2.60. The third-order valence-corrected chi connectivity index (χ3v) is 0.349. The second kappa shape index (κ2) is 4.47. The summed E-state index contributed by atoms with van der Waals surface area (Å²) < 4.78 is 0. The highest BCUT2D eigenvalue weighted by Crippen LogP contribution is 1.59. The average molecular weight is 85.1 g/mol. The third-order valence-electron chi connectivity index (χ3n) is 0.349. The molecular formula is C4H9N2. The van der Waals surface area contributed by atoms with Gasteiger partial charge < -0.3 is 5.43 Å². The van der Waals surface area contributed by atoms with Gasteiger partial charge in [-0.1, -0.05) is 0 Å². The first kappa shape index (κ1) is 5.47. The summed E-state index contributed by atoms with van der Waals surface area (Å²) in [5.74, 6) is 0. The van der Waals surface area contributed by atoms with Gasteiger partial charge >= 0.3 is 0 Å². The van der Waals surface area contributed by atoms with Crippen LogP contribution in [0.3, 0.4) is 0 Å². The van der Waals surface area contributed by atoms with Crippen LogP contribution in [0.5, 0.6) is 0 Å². The summed E-state index contributed by atoms with van der Waals surface area (Å²) in [6, 6.07) is 0. The molecule has 0 rings (SSSR count). The van der Waals surface area contributed by atoms with E-state index in [-0.39, 0.29) is 0 Å². The van der Waals surface area contributed by atoms with E-state index in [1.54, 1.807) is 13.3 Å². The maximum Gasteiger partial charge on any atom is 0.0242 e. The highest BCUT2D eigenvalue weighted by atomic mass is 15.3. The van der Waals surface area contributed by atoms with Gasteiger partial charge in [-0.3, -0.25) is 0 Å². The Balaban J connectivity index is 2.73. The molecule has 6 heavy (non-hydrogen) atoms. The maximum absolute atomic E-state index is 3.65. The lowest BCUT2D eigenvalue weighted by Crippen LogP contribution is -1.92. The van der Waals surface area contributed by atoms with Gasteiger partial charge in [-0.25, -0.2) is 0 Å². The van der Waals surface area contributed by atoms with Crippen LogP contribution >= 0.6 is 0 Å². The Hall–Kier alpha value is -0.530. The maximum atomic E-state index is 3.65. The molecule has 0 unspecified atom stereocenters. The normalized spacial score (nSPS) is 9.67. The molecule has 0 saturated carbocycles. The number of nitrogens with zero attached hydrogens (tertiary/aromatic N) is 1. The number of nitrogens with one attached hydrogen (secondary N) is 1. The van der Waals surface area contributed by atoms with Crippen LogP contribution in [-0.4, -0.2) is 13.3 Å². The van der Waals surface area contributed by atoms with E-state index in [4.69, 9.17) is 0 Å². The number of rotatable bonds is 2. The van der Waals surface area contributed by atoms with E-state index in [9.17, 15) is 0 Å². The van der Waals surface area contributed by atoms with Crippen molar-refractivity contribution in [2.45, 2.75) is 6.42 Å². The molecule has 0 aliphatic heterocycles. The lowest BCUT2D eigenvalue weighted by Gasteiger charge is -1.79. The van der Waals surface area contributed by atoms with E-state index < -0.39 is 0 Å². The SMILES string of the molecule is [CH2]CC=NNC. The van der Waals surface area contributed by atoms with Crippen LogP contribution in [0.25, 0.3) is 0 Å². The predicted molar refractivity (Wildman–Crippen MR) is 27.5 cm³/mol.